The van der Waals surface area contributed by atoms with Crippen molar-refractivity contribution in [3.63, 3.8) is 0 Å². The van der Waals surface area contributed by atoms with Crippen LogP contribution in [-0.2, 0) is 13.5 Å². The Labute approximate surface area is 186 Å². The Hall–Kier alpha value is -2.98. The van der Waals surface area contributed by atoms with Crippen molar-refractivity contribution in [2.24, 2.45) is 7.05 Å². The number of alkyl halides is 5. The Morgan fingerprint density at radius 2 is 1.94 bits per heavy atom. The van der Waals surface area contributed by atoms with Gasteiger partial charge < -0.3 is 10.1 Å². The maximum Gasteiger partial charge on any atom is 0.456 e. The number of pyridine rings is 2. The molecule has 0 spiro atoms. The number of hydrogen-bond donors (Lipinski definition) is 1. The van der Waals surface area contributed by atoms with Crippen molar-refractivity contribution in [1.82, 2.24) is 14.9 Å². The fourth-order valence-electron chi connectivity index (χ4n) is 3.12. The predicted octanol–water partition coefficient (Wildman–Crippen LogP) is 4.26. The van der Waals surface area contributed by atoms with E-state index in [0.717, 1.165) is 36.3 Å². The van der Waals surface area contributed by atoms with Gasteiger partial charge in [0.15, 0.2) is 12.5 Å². The van der Waals surface area contributed by atoms with Crippen LogP contribution in [0.1, 0.15) is 48.5 Å². The number of ether oxygens (including phenoxy) is 1. The monoisotopic (exact) mass is 473 g/mol. The number of carbonyl (C=O) groups excluding carboxylic acids is 1. The van der Waals surface area contributed by atoms with E-state index >= 15 is 0 Å². The molecule has 1 fully saturated rings. The van der Waals surface area contributed by atoms with Crippen LogP contribution in [0.5, 0.6) is 5.88 Å². The molecular formula is C22H24F5N3O3. The second-order valence-corrected chi connectivity index (χ2v) is 8.02. The Balaban J connectivity index is 1.90. The molecule has 0 bridgehead atoms. The molecule has 180 valence electrons. The van der Waals surface area contributed by atoms with Crippen molar-refractivity contribution < 1.29 is 31.5 Å². The van der Waals surface area contributed by atoms with Crippen molar-refractivity contribution in [3.8, 4) is 17.1 Å². The van der Waals surface area contributed by atoms with Crippen LogP contribution >= 0.6 is 0 Å². The van der Waals surface area contributed by atoms with Crippen LogP contribution in [0.15, 0.2) is 29.2 Å². The molecule has 1 amide bonds. The molecule has 0 aliphatic heterocycles. The zero-order valence-electron chi connectivity index (χ0n) is 18.1. The molecule has 11 heteroatoms. The fraction of sp³-hybridized carbons (Fsp3) is 0.500. The number of aryl methyl sites for hydroxylation is 1. The Morgan fingerprint density at radius 1 is 1.24 bits per heavy atom. The minimum Gasteiger partial charge on any atom is -0.472 e. The summed E-state index contributed by atoms with van der Waals surface area (Å²) in [4.78, 5) is 29.6. The highest BCUT2D eigenvalue weighted by Gasteiger charge is 2.58. The standard InChI is InChI=1S/C22H24F5N3O3/c1-3-4-5-13-10-14(19(31)29-15-6-7-15)11-28-18(13)16-8-9-17(30(2)20(16)32)33-12-21(23,24)22(25,26)27/h8-11,15H,3-7,12H2,1-2H3,(H,29,31). The Kier molecular flexibility index (Phi) is 7.08. The summed E-state index contributed by atoms with van der Waals surface area (Å²) < 4.78 is 68.9. The van der Waals surface area contributed by atoms with Crippen LogP contribution in [0.4, 0.5) is 22.0 Å². The molecule has 33 heavy (non-hydrogen) atoms. The topological polar surface area (TPSA) is 73.2 Å². The molecule has 2 aromatic heterocycles. The molecule has 3 rings (SSSR count). The van der Waals surface area contributed by atoms with E-state index in [4.69, 9.17) is 0 Å². The predicted molar refractivity (Wildman–Crippen MR) is 111 cm³/mol. The number of nitrogens with zero attached hydrogens (tertiary/aromatic N) is 2. The van der Waals surface area contributed by atoms with Crippen LogP contribution in [0.2, 0.25) is 0 Å². The van der Waals surface area contributed by atoms with E-state index in [1.807, 2.05) is 6.92 Å². The van der Waals surface area contributed by atoms with Crippen LogP contribution in [0, 0.1) is 0 Å². The lowest BCUT2D eigenvalue weighted by Crippen LogP contribution is -2.42. The summed E-state index contributed by atoms with van der Waals surface area (Å²) in [6, 6.07) is 4.25. The minimum absolute atomic E-state index is 0.118. The average molecular weight is 473 g/mol. The first-order chi connectivity index (χ1) is 15.4. The number of amides is 1. The number of aromatic nitrogens is 2. The van der Waals surface area contributed by atoms with E-state index in [2.05, 4.69) is 15.0 Å². The first-order valence-electron chi connectivity index (χ1n) is 10.5. The third-order valence-electron chi connectivity index (χ3n) is 5.27. The lowest BCUT2D eigenvalue weighted by Gasteiger charge is -2.20. The zero-order valence-corrected chi connectivity index (χ0v) is 18.1. The van der Waals surface area contributed by atoms with Gasteiger partial charge in [-0.3, -0.25) is 19.1 Å². The van der Waals surface area contributed by atoms with Gasteiger partial charge in [0.2, 0.25) is 0 Å². The first-order valence-corrected chi connectivity index (χ1v) is 10.5. The number of hydrogen-bond acceptors (Lipinski definition) is 4. The van der Waals surface area contributed by atoms with Gasteiger partial charge >= 0.3 is 12.1 Å². The van der Waals surface area contributed by atoms with Gasteiger partial charge in [-0.25, -0.2) is 0 Å². The maximum absolute atomic E-state index is 13.2. The summed E-state index contributed by atoms with van der Waals surface area (Å²) in [6.07, 6.45) is -0.374. The molecule has 1 aliphatic carbocycles. The SMILES string of the molecule is CCCCc1cc(C(=O)NC2CC2)cnc1-c1ccc(OCC(F)(F)C(F)(F)F)n(C)c1=O. The van der Waals surface area contributed by atoms with Crippen molar-refractivity contribution in [2.45, 2.75) is 57.2 Å². The lowest BCUT2D eigenvalue weighted by atomic mass is 10.00. The molecule has 2 aromatic rings. The molecular weight excluding hydrogens is 449 g/mol. The van der Waals surface area contributed by atoms with E-state index in [1.54, 1.807) is 6.07 Å². The molecule has 0 atom stereocenters. The fourth-order valence-corrected chi connectivity index (χ4v) is 3.12. The molecule has 0 aromatic carbocycles. The van der Waals surface area contributed by atoms with Crippen LogP contribution < -0.4 is 15.6 Å². The molecule has 1 saturated carbocycles. The highest BCUT2D eigenvalue weighted by Crippen LogP contribution is 2.35. The Morgan fingerprint density at radius 3 is 2.55 bits per heavy atom. The van der Waals surface area contributed by atoms with Crippen molar-refractivity contribution in [3.05, 3.63) is 45.9 Å². The quantitative estimate of drug-likeness (QED) is 0.553. The summed E-state index contributed by atoms with van der Waals surface area (Å²) in [5, 5.41) is 2.87. The third kappa shape index (κ3) is 5.69. The van der Waals surface area contributed by atoms with Crippen LogP contribution in [0.25, 0.3) is 11.3 Å². The second-order valence-electron chi connectivity index (χ2n) is 8.02. The molecule has 1 N–H and O–H groups in total. The molecule has 0 saturated heterocycles. The van der Waals surface area contributed by atoms with Gasteiger partial charge in [-0.05, 0) is 49.4 Å². The number of rotatable bonds is 9. The van der Waals surface area contributed by atoms with Crippen molar-refractivity contribution in [2.75, 3.05) is 6.61 Å². The van der Waals surface area contributed by atoms with Crippen LogP contribution in [-0.4, -0.2) is 40.2 Å². The van der Waals surface area contributed by atoms with Gasteiger partial charge in [-0.1, -0.05) is 13.3 Å². The number of unbranched alkanes of at least 4 members (excludes halogenated alkanes) is 1. The molecule has 2 heterocycles. The first kappa shape index (κ1) is 24.7. The number of carbonyl (C=O) groups is 1. The van der Waals surface area contributed by atoms with E-state index in [1.165, 1.54) is 19.3 Å². The number of halogens is 5. The maximum atomic E-state index is 13.2. The summed E-state index contributed by atoms with van der Waals surface area (Å²) in [7, 11) is 1.20. The van der Waals surface area contributed by atoms with Gasteiger partial charge in [0.25, 0.3) is 11.5 Å². The summed E-state index contributed by atoms with van der Waals surface area (Å²) in [5.41, 5.74) is 0.785. The minimum atomic E-state index is -5.77. The van der Waals surface area contributed by atoms with E-state index in [0.29, 0.717) is 23.2 Å². The van der Waals surface area contributed by atoms with Crippen LogP contribution in [0.3, 0.4) is 0 Å². The van der Waals surface area contributed by atoms with Gasteiger partial charge in [-0.15, -0.1) is 0 Å². The number of nitrogens with one attached hydrogen (secondary N) is 1. The van der Waals surface area contributed by atoms with E-state index in [-0.39, 0.29) is 17.5 Å². The third-order valence-corrected chi connectivity index (χ3v) is 5.27. The second kappa shape index (κ2) is 9.48. The molecule has 0 radical (unpaired) electrons. The van der Waals surface area contributed by atoms with Gasteiger partial charge in [0, 0.05) is 19.3 Å². The van der Waals surface area contributed by atoms with E-state index in [9.17, 15) is 31.5 Å². The van der Waals surface area contributed by atoms with Crippen molar-refractivity contribution in [1.29, 1.82) is 0 Å². The molecule has 6 nitrogen and oxygen atoms in total. The Bertz CT molecular complexity index is 1080. The highest BCUT2D eigenvalue weighted by atomic mass is 19.4. The van der Waals surface area contributed by atoms with Gasteiger partial charge in [0.1, 0.15) is 0 Å². The molecule has 0 unspecified atom stereocenters. The summed E-state index contributed by atoms with van der Waals surface area (Å²) in [6.45, 7) is 0.0343. The van der Waals surface area contributed by atoms with Crippen molar-refractivity contribution >= 4 is 5.91 Å². The van der Waals surface area contributed by atoms with Gasteiger partial charge in [0.05, 0.1) is 16.8 Å². The normalized spacial score (nSPS) is 14.3. The highest BCUT2D eigenvalue weighted by molar-refractivity contribution is 5.94. The average Bonchev–Trinajstić information content (AvgIpc) is 3.56. The molecule has 1 aliphatic rings. The summed E-state index contributed by atoms with van der Waals surface area (Å²) in [5.74, 6) is -5.76. The summed E-state index contributed by atoms with van der Waals surface area (Å²) >= 11 is 0. The largest absolute Gasteiger partial charge is 0.472 e. The van der Waals surface area contributed by atoms with E-state index < -0.39 is 30.1 Å². The lowest BCUT2D eigenvalue weighted by molar-refractivity contribution is -0.290. The smallest absolute Gasteiger partial charge is 0.456 e. The zero-order chi connectivity index (χ0) is 24.4. The van der Waals surface area contributed by atoms with Gasteiger partial charge in [-0.2, -0.15) is 22.0 Å².